The first-order valence-corrected chi connectivity index (χ1v) is 11.9. The van der Waals surface area contributed by atoms with Crippen molar-refractivity contribution in [3.8, 4) is 5.69 Å². The van der Waals surface area contributed by atoms with Gasteiger partial charge in [0, 0.05) is 22.6 Å². The number of carbonyl (C=O) groups is 1. The summed E-state index contributed by atoms with van der Waals surface area (Å²) in [6.45, 7) is 10.3. The highest BCUT2D eigenvalue weighted by molar-refractivity contribution is 8.27. The average molecular weight is 468 g/mol. The fourth-order valence-electron chi connectivity index (χ4n) is 4.48. The minimum Gasteiger partial charge on any atom is -0.318 e. The van der Waals surface area contributed by atoms with Crippen molar-refractivity contribution in [2.24, 2.45) is 10.1 Å². The highest BCUT2D eigenvalue weighted by Gasteiger charge is 2.36. The quantitative estimate of drug-likeness (QED) is 0.503. The smallest absolute Gasteiger partial charge is 0.283 e. The lowest BCUT2D eigenvalue weighted by Gasteiger charge is -2.20. The van der Waals surface area contributed by atoms with E-state index in [2.05, 4.69) is 46.7 Å². The molecule has 0 unspecified atom stereocenters. The van der Waals surface area contributed by atoms with E-state index in [4.69, 9.17) is 5.41 Å². The van der Waals surface area contributed by atoms with Crippen LogP contribution in [0.2, 0.25) is 0 Å². The van der Waals surface area contributed by atoms with Gasteiger partial charge in [0.1, 0.15) is 5.04 Å². The van der Waals surface area contributed by atoms with Crippen LogP contribution >= 0.6 is 11.8 Å². The van der Waals surface area contributed by atoms with E-state index in [0.717, 1.165) is 38.8 Å². The number of aryl methyl sites for hydroxylation is 4. The number of nitrogens with one attached hydrogen (secondary N) is 1. The van der Waals surface area contributed by atoms with Gasteiger partial charge in [-0.05, 0) is 92.9 Å². The lowest BCUT2D eigenvalue weighted by atomic mass is 10.1. The normalized spacial score (nSPS) is 16.7. The highest BCUT2D eigenvalue weighted by atomic mass is 32.2. The van der Waals surface area contributed by atoms with E-state index in [1.807, 2.05) is 51.1 Å². The van der Waals surface area contributed by atoms with Crippen molar-refractivity contribution in [1.29, 1.82) is 5.41 Å². The number of hydrazone groups is 1. The molecule has 6 nitrogen and oxygen atoms in total. The summed E-state index contributed by atoms with van der Waals surface area (Å²) in [4.78, 5) is 17.2. The molecule has 0 spiro atoms. The summed E-state index contributed by atoms with van der Waals surface area (Å²) in [5, 5.41) is 16.0. The van der Waals surface area contributed by atoms with Crippen molar-refractivity contribution in [2.45, 2.75) is 34.6 Å². The van der Waals surface area contributed by atoms with Gasteiger partial charge in [0.25, 0.3) is 5.91 Å². The monoisotopic (exact) mass is 467 g/mol. The number of benzene rings is 2. The number of thioether (sulfide) groups is 1. The molecule has 3 heterocycles. The number of rotatable bonds is 3. The molecule has 0 radical (unpaired) electrons. The van der Waals surface area contributed by atoms with Crippen molar-refractivity contribution >= 4 is 39.8 Å². The topological polar surface area (TPSA) is 73.8 Å². The molecule has 3 aromatic rings. The van der Waals surface area contributed by atoms with Gasteiger partial charge in [0.2, 0.25) is 5.17 Å². The third kappa shape index (κ3) is 3.72. The zero-order valence-corrected chi connectivity index (χ0v) is 20.6. The minimum atomic E-state index is -0.416. The number of aromatic nitrogens is 1. The molecule has 7 heteroatoms. The van der Waals surface area contributed by atoms with Crippen LogP contribution in [-0.2, 0) is 4.79 Å². The Morgan fingerprint density at radius 2 is 1.68 bits per heavy atom. The first-order valence-electron chi connectivity index (χ1n) is 11.1. The number of carbonyl (C=O) groups excluding carboxylic acids is 1. The van der Waals surface area contributed by atoms with E-state index in [1.54, 1.807) is 6.08 Å². The zero-order chi connectivity index (χ0) is 24.1. The van der Waals surface area contributed by atoms with Crippen molar-refractivity contribution in [3.63, 3.8) is 0 Å². The van der Waals surface area contributed by atoms with E-state index in [0.29, 0.717) is 5.17 Å². The predicted molar refractivity (Wildman–Crippen MR) is 140 cm³/mol. The van der Waals surface area contributed by atoms with E-state index in [9.17, 15) is 4.79 Å². The number of hydrogen-bond donors (Lipinski definition) is 1. The first kappa shape index (κ1) is 22.1. The second-order valence-electron chi connectivity index (χ2n) is 8.75. The molecule has 0 saturated carbocycles. The van der Waals surface area contributed by atoms with Gasteiger partial charge >= 0.3 is 0 Å². The number of hydrogen-bond acceptors (Lipinski definition) is 4. The first-order chi connectivity index (χ1) is 16.2. The zero-order valence-electron chi connectivity index (χ0n) is 19.8. The molecule has 170 valence electrons. The number of amides is 1. The van der Waals surface area contributed by atoms with Crippen LogP contribution in [0.5, 0.6) is 0 Å². The number of amidine groups is 2. The van der Waals surface area contributed by atoms with Crippen LogP contribution in [0.4, 0.5) is 0 Å². The Labute approximate surface area is 203 Å². The van der Waals surface area contributed by atoms with Crippen LogP contribution in [0, 0.1) is 40.0 Å². The molecule has 5 rings (SSSR count). The molecule has 2 aliphatic rings. The maximum atomic E-state index is 12.9. The maximum Gasteiger partial charge on any atom is 0.283 e. The molecule has 34 heavy (non-hydrogen) atoms. The van der Waals surface area contributed by atoms with Gasteiger partial charge in [-0.3, -0.25) is 10.2 Å². The molecular weight excluding hydrogens is 442 g/mol. The van der Waals surface area contributed by atoms with Gasteiger partial charge in [-0.1, -0.05) is 30.3 Å². The summed E-state index contributed by atoms with van der Waals surface area (Å²) in [5.74, 6) is -0.372. The van der Waals surface area contributed by atoms with Crippen LogP contribution in [0.1, 0.15) is 39.2 Å². The van der Waals surface area contributed by atoms with Gasteiger partial charge < -0.3 is 4.57 Å². The SMILES string of the molecule is Cc1cc(C)cc(-n2c(C)cc(C=C3C(=N)N4N=C(c5ccccc5C)SC4=NC3=O)c2C)c1. The maximum absolute atomic E-state index is 12.9. The Morgan fingerprint density at radius 1 is 0.971 bits per heavy atom. The van der Waals surface area contributed by atoms with E-state index in [-0.39, 0.29) is 11.4 Å². The molecule has 1 aromatic heterocycles. The van der Waals surface area contributed by atoms with Gasteiger partial charge in [0.05, 0.1) is 5.57 Å². The Hall–Kier alpha value is -3.71. The Balaban J connectivity index is 1.53. The predicted octanol–water partition coefficient (Wildman–Crippen LogP) is 5.69. The summed E-state index contributed by atoms with van der Waals surface area (Å²) in [5.41, 5.74) is 8.73. The lowest BCUT2D eigenvalue weighted by molar-refractivity contribution is -0.114. The Morgan fingerprint density at radius 3 is 2.38 bits per heavy atom. The molecule has 1 amide bonds. The fraction of sp³-hybridized carbons (Fsp3) is 0.185. The third-order valence-electron chi connectivity index (χ3n) is 6.06. The summed E-state index contributed by atoms with van der Waals surface area (Å²) in [7, 11) is 0. The van der Waals surface area contributed by atoms with Gasteiger partial charge in [-0.2, -0.15) is 15.1 Å². The molecule has 0 fully saturated rings. The average Bonchev–Trinajstić information content (AvgIpc) is 3.31. The number of nitrogens with zero attached hydrogens (tertiary/aromatic N) is 4. The van der Waals surface area contributed by atoms with Gasteiger partial charge in [-0.15, -0.1) is 0 Å². The van der Waals surface area contributed by atoms with Crippen LogP contribution in [0.3, 0.4) is 0 Å². The van der Waals surface area contributed by atoms with Crippen LogP contribution in [0.25, 0.3) is 11.8 Å². The molecule has 0 saturated heterocycles. The van der Waals surface area contributed by atoms with Crippen molar-refractivity contribution < 1.29 is 4.79 Å². The van der Waals surface area contributed by atoms with Gasteiger partial charge in [0.15, 0.2) is 5.84 Å². The lowest BCUT2D eigenvalue weighted by Crippen LogP contribution is -2.35. The van der Waals surface area contributed by atoms with Crippen LogP contribution in [-0.4, -0.2) is 31.5 Å². The summed E-state index contributed by atoms with van der Waals surface area (Å²) < 4.78 is 2.18. The van der Waals surface area contributed by atoms with E-state index in [1.165, 1.54) is 27.9 Å². The molecule has 0 aliphatic carbocycles. The van der Waals surface area contributed by atoms with Crippen LogP contribution < -0.4 is 0 Å². The summed E-state index contributed by atoms with van der Waals surface area (Å²) in [6, 6.07) is 16.4. The third-order valence-corrected chi connectivity index (χ3v) is 7.01. The Bertz CT molecular complexity index is 1450. The number of fused-ring (bicyclic) bond motifs is 1. The molecular formula is C27H25N5OS. The van der Waals surface area contributed by atoms with Crippen molar-refractivity contribution in [1.82, 2.24) is 9.58 Å². The minimum absolute atomic E-state index is 0.0438. The largest absolute Gasteiger partial charge is 0.318 e. The molecule has 0 atom stereocenters. The molecule has 2 aromatic carbocycles. The second kappa shape index (κ2) is 8.25. The second-order valence-corrected chi connectivity index (χ2v) is 9.70. The Kier molecular flexibility index (Phi) is 5.37. The highest BCUT2D eigenvalue weighted by Crippen LogP contribution is 2.32. The van der Waals surface area contributed by atoms with E-state index >= 15 is 0 Å². The van der Waals surface area contributed by atoms with Crippen molar-refractivity contribution in [3.05, 3.63) is 93.3 Å². The number of aliphatic imine (C=N–C) groups is 1. The van der Waals surface area contributed by atoms with Gasteiger partial charge in [-0.25, -0.2) is 0 Å². The van der Waals surface area contributed by atoms with E-state index < -0.39 is 5.91 Å². The van der Waals surface area contributed by atoms with Crippen LogP contribution in [0.15, 0.2) is 64.2 Å². The standard InChI is InChI=1S/C27H25N5OS/c1-15-10-16(2)12-21(11-15)31-18(4)13-20(19(31)5)14-23-24(28)32-27(29-25(23)33)34-26(30-32)22-9-7-6-8-17(22)3/h6-14,28H,1-5H3. The van der Waals surface area contributed by atoms with Crippen molar-refractivity contribution in [2.75, 3.05) is 0 Å². The molecule has 2 aliphatic heterocycles. The fourth-order valence-corrected chi connectivity index (χ4v) is 5.46. The molecule has 0 bridgehead atoms. The summed E-state index contributed by atoms with van der Waals surface area (Å²) >= 11 is 1.32. The summed E-state index contributed by atoms with van der Waals surface area (Å²) in [6.07, 6.45) is 1.76. The molecule has 1 N–H and O–H groups in total.